The number of nitrogens with zero attached hydrogens (tertiary/aromatic N) is 2. The van der Waals surface area contributed by atoms with Gasteiger partial charge in [-0.05, 0) is 86.1 Å². The quantitative estimate of drug-likeness (QED) is 0.205. The summed E-state index contributed by atoms with van der Waals surface area (Å²) in [6.07, 6.45) is 0. The Balaban J connectivity index is 1.37. The molecule has 0 aliphatic rings. The number of para-hydroxylation sites is 2. The summed E-state index contributed by atoms with van der Waals surface area (Å²) in [5.41, 5.74) is 10.7. The molecule has 0 saturated carbocycles. The first-order chi connectivity index (χ1) is 20.8. The minimum atomic E-state index is 0.987. The van der Waals surface area contributed by atoms with Gasteiger partial charge < -0.3 is 0 Å². The van der Waals surface area contributed by atoms with E-state index in [1.807, 2.05) is 6.07 Å². The molecule has 0 fully saturated rings. The van der Waals surface area contributed by atoms with Crippen LogP contribution in [0.3, 0.4) is 0 Å². The molecule has 0 spiro atoms. The van der Waals surface area contributed by atoms with Gasteiger partial charge in [-0.2, -0.15) is 0 Å². The lowest BCUT2D eigenvalue weighted by Gasteiger charge is -2.20. The predicted octanol–water partition coefficient (Wildman–Crippen LogP) is 10.6. The summed E-state index contributed by atoms with van der Waals surface area (Å²) in [6.45, 7) is 2.07. The number of rotatable bonds is 4. The first-order valence-corrected chi connectivity index (χ1v) is 14.4. The zero-order chi connectivity index (χ0) is 28.0. The molecule has 0 atom stereocenters. The molecule has 0 unspecified atom stereocenters. The third kappa shape index (κ3) is 3.84. The largest absolute Gasteiger partial charge is 0.297 e. The Labute approximate surface area is 245 Å². The number of imidazole rings is 1. The number of fused-ring (bicyclic) bond motifs is 3. The van der Waals surface area contributed by atoms with Crippen LogP contribution in [0.15, 0.2) is 152 Å². The van der Waals surface area contributed by atoms with E-state index >= 15 is 0 Å². The Kier molecular flexibility index (Phi) is 5.72. The maximum Gasteiger partial charge on any atom is 0.111 e. The third-order valence-corrected chi connectivity index (χ3v) is 8.36. The first kappa shape index (κ1) is 24.3. The molecule has 7 aromatic carbocycles. The predicted molar refractivity (Wildman–Crippen MR) is 177 cm³/mol. The second-order valence-electron chi connectivity index (χ2n) is 10.8. The van der Waals surface area contributed by atoms with Crippen molar-refractivity contribution in [3.05, 3.63) is 157 Å². The van der Waals surface area contributed by atoms with Crippen LogP contribution in [0.25, 0.3) is 71.6 Å². The zero-order valence-corrected chi connectivity index (χ0v) is 23.3. The topological polar surface area (TPSA) is 17.8 Å². The van der Waals surface area contributed by atoms with Crippen LogP contribution in [0, 0.1) is 6.92 Å². The van der Waals surface area contributed by atoms with Gasteiger partial charge in [-0.1, -0.05) is 127 Å². The first-order valence-electron chi connectivity index (χ1n) is 14.4. The van der Waals surface area contributed by atoms with E-state index in [0.29, 0.717) is 0 Å². The molecule has 0 bridgehead atoms. The molecule has 1 heterocycles. The molecule has 0 N–H and O–H groups in total. The van der Waals surface area contributed by atoms with Crippen molar-refractivity contribution in [3.8, 4) is 39.1 Å². The van der Waals surface area contributed by atoms with E-state index < -0.39 is 0 Å². The molecule has 198 valence electrons. The van der Waals surface area contributed by atoms with Gasteiger partial charge in [0.2, 0.25) is 0 Å². The zero-order valence-electron chi connectivity index (χ0n) is 23.3. The van der Waals surface area contributed by atoms with Crippen LogP contribution in [-0.4, -0.2) is 9.55 Å². The fraction of sp³-hybridized carbons (Fsp3) is 0.0250. The van der Waals surface area contributed by atoms with Crippen LogP contribution < -0.4 is 0 Å². The van der Waals surface area contributed by atoms with Crippen molar-refractivity contribution in [2.24, 2.45) is 0 Å². The van der Waals surface area contributed by atoms with Crippen LogP contribution >= 0.6 is 0 Å². The molecule has 0 aliphatic carbocycles. The van der Waals surface area contributed by atoms with Crippen LogP contribution in [0.5, 0.6) is 0 Å². The van der Waals surface area contributed by atoms with E-state index in [0.717, 1.165) is 22.5 Å². The summed E-state index contributed by atoms with van der Waals surface area (Å²) >= 11 is 0. The van der Waals surface area contributed by atoms with E-state index in [1.54, 1.807) is 0 Å². The minimum Gasteiger partial charge on any atom is -0.297 e. The molecule has 2 heteroatoms. The molecule has 0 saturated heterocycles. The van der Waals surface area contributed by atoms with Crippen molar-refractivity contribution in [2.45, 2.75) is 6.92 Å². The van der Waals surface area contributed by atoms with Gasteiger partial charge in [0.15, 0.2) is 0 Å². The maximum absolute atomic E-state index is 4.78. The number of hydrogen-bond acceptors (Lipinski definition) is 1. The number of benzene rings is 7. The number of hydrogen-bond donors (Lipinski definition) is 0. The fourth-order valence-corrected chi connectivity index (χ4v) is 6.55. The van der Waals surface area contributed by atoms with Gasteiger partial charge >= 0.3 is 0 Å². The lowest BCUT2D eigenvalue weighted by Crippen LogP contribution is -1.97. The van der Waals surface area contributed by atoms with Crippen LogP contribution in [0.1, 0.15) is 5.82 Å². The van der Waals surface area contributed by atoms with Crippen molar-refractivity contribution < 1.29 is 0 Å². The SMILES string of the molecule is Cc1nc2ccccc2n1-c1ccc(-c2c3ccccc3c(-c3ccccc3-c3ccccc3)c3ccccc23)cc1. The highest BCUT2D eigenvalue weighted by atomic mass is 15.1. The fourth-order valence-electron chi connectivity index (χ4n) is 6.55. The normalized spacial score (nSPS) is 11.5. The molecule has 0 aliphatic heterocycles. The Hall–Kier alpha value is -5.47. The summed E-state index contributed by atoms with van der Waals surface area (Å²) in [5, 5.41) is 5.03. The highest BCUT2D eigenvalue weighted by molar-refractivity contribution is 6.22. The summed E-state index contributed by atoms with van der Waals surface area (Å²) in [4.78, 5) is 4.78. The summed E-state index contributed by atoms with van der Waals surface area (Å²) < 4.78 is 2.24. The van der Waals surface area contributed by atoms with Crippen molar-refractivity contribution in [1.29, 1.82) is 0 Å². The summed E-state index contributed by atoms with van der Waals surface area (Å²) in [6, 6.07) is 54.5. The van der Waals surface area contributed by atoms with Crippen molar-refractivity contribution in [3.63, 3.8) is 0 Å². The highest BCUT2D eigenvalue weighted by Crippen LogP contribution is 2.46. The van der Waals surface area contributed by atoms with E-state index in [-0.39, 0.29) is 0 Å². The molecule has 42 heavy (non-hydrogen) atoms. The van der Waals surface area contributed by atoms with Crippen molar-refractivity contribution in [2.75, 3.05) is 0 Å². The van der Waals surface area contributed by atoms with Gasteiger partial charge in [0, 0.05) is 5.69 Å². The second kappa shape index (κ2) is 9.87. The van der Waals surface area contributed by atoms with E-state index in [9.17, 15) is 0 Å². The van der Waals surface area contributed by atoms with Crippen LogP contribution in [-0.2, 0) is 0 Å². The van der Waals surface area contributed by atoms with Crippen LogP contribution in [0.2, 0.25) is 0 Å². The average Bonchev–Trinajstić information content (AvgIpc) is 3.39. The second-order valence-corrected chi connectivity index (χ2v) is 10.8. The maximum atomic E-state index is 4.78. The Morgan fingerprint density at radius 3 is 1.62 bits per heavy atom. The van der Waals surface area contributed by atoms with Crippen molar-refractivity contribution >= 4 is 32.6 Å². The summed E-state index contributed by atoms with van der Waals surface area (Å²) in [5.74, 6) is 0.987. The molecule has 2 nitrogen and oxygen atoms in total. The van der Waals surface area contributed by atoms with E-state index in [4.69, 9.17) is 4.98 Å². The number of aromatic nitrogens is 2. The standard InChI is InChI=1S/C40H28N2/c1-27-41-37-21-11-12-22-38(37)42(27)30-25-23-29(24-26-30)39-33-17-7-9-19-35(33)40(36-20-10-8-18-34(36)39)32-16-6-5-15-31(32)28-13-3-2-4-14-28/h2-26H,1H3. The molecule has 0 radical (unpaired) electrons. The molecule has 8 aromatic rings. The van der Waals surface area contributed by atoms with Crippen LogP contribution in [0.4, 0.5) is 0 Å². The van der Waals surface area contributed by atoms with Crippen molar-refractivity contribution in [1.82, 2.24) is 9.55 Å². The van der Waals surface area contributed by atoms with Gasteiger partial charge in [0.1, 0.15) is 5.82 Å². The monoisotopic (exact) mass is 536 g/mol. The smallest absolute Gasteiger partial charge is 0.111 e. The van der Waals surface area contributed by atoms with Gasteiger partial charge in [0.25, 0.3) is 0 Å². The lowest BCUT2D eigenvalue weighted by molar-refractivity contribution is 1.00. The van der Waals surface area contributed by atoms with Gasteiger partial charge in [-0.3, -0.25) is 4.57 Å². The molecular formula is C40H28N2. The molecule has 1 aromatic heterocycles. The van der Waals surface area contributed by atoms with Gasteiger partial charge in [-0.15, -0.1) is 0 Å². The minimum absolute atomic E-state index is 0.987. The number of aryl methyl sites for hydroxylation is 1. The molecule has 0 amide bonds. The van der Waals surface area contributed by atoms with Gasteiger partial charge in [0.05, 0.1) is 11.0 Å². The average molecular weight is 537 g/mol. The highest BCUT2D eigenvalue weighted by Gasteiger charge is 2.19. The Bertz CT molecular complexity index is 2180. The lowest BCUT2D eigenvalue weighted by atomic mass is 9.84. The van der Waals surface area contributed by atoms with E-state index in [1.165, 1.54) is 54.9 Å². The molecular weight excluding hydrogens is 508 g/mol. The Morgan fingerprint density at radius 1 is 0.429 bits per heavy atom. The summed E-state index contributed by atoms with van der Waals surface area (Å²) in [7, 11) is 0. The van der Waals surface area contributed by atoms with Gasteiger partial charge in [-0.25, -0.2) is 4.98 Å². The molecule has 8 rings (SSSR count). The Morgan fingerprint density at radius 2 is 0.952 bits per heavy atom. The van der Waals surface area contributed by atoms with E-state index in [2.05, 4.69) is 157 Å². The third-order valence-electron chi connectivity index (χ3n) is 8.36.